The van der Waals surface area contributed by atoms with Gasteiger partial charge in [-0.05, 0) is 17.7 Å². The molecule has 0 saturated carbocycles. The predicted octanol–water partition coefficient (Wildman–Crippen LogP) is 1.06. The molecule has 0 bridgehead atoms. The molecule has 0 fully saturated rings. The van der Waals surface area contributed by atoms with Gasteiger partial charge >= 0.3 is 5.97 Å². The molecule has 1 rings (SSSR count). The molecule has 0 atom stereocenters. The molecule has 0 amide bonds. The Morgan fingerprint density at radius 3 is 2.57 bits per heavy atom. The molecule has 1 aromatic rings. The number of benzene rings is 1. The first kappa shape index (κ1) is 17.0. The Hall–Kier alpha value is -2.03. The Morgan fingerprint density at radius 1 is 1.29 bits per heavy atom. The van der Waals surface area contributed by atoms with Gasteiger partial charge in [-0.15, -0.1) is 0 Å². The summed E-state index contributed by atoms with van der Waals surface area (Å²) < 4.78 is 9.85. The van der Waals surface area contributed by atoms with Gasteiger partial charge in [0.15, 0.2) is 6.61 Å². The number of carbonyl (C=O) groups is 1. The van der Waals surface area contributed by atoms with Gasteiger partial charge in [0.1, 0.15) is 5.75 Å². The Kier molecular flexibility index (Phi) is 7.95. The van der Waals surface area contributed by atoms with Gasteiger partial charge < -0.3 is 14.6 Å². The zero-order valence-electron chi connectivity index (χ0n) is 12.5. The van der Waals surface area contributed by atoms with Crippen LogP contribution in [-0.4, -0.2) is 49.4 Å². The zero-order valence-corrected chi connectivity index (χ0v) is 12.5. The van der Waals surface area contributed by atoms with Crippen molar-refractivity contribution >= 4 is 5.97 Å². The SMILES string of the molecule is COc1ccc(CN(CC#CCOC(C)=O)CCO)cc1. The highest BCUT2D eigenvalue weighted by Crippen LogP contribution is 2.12. The monoisotopic (exact) mass is 291 g/mol. The van der Waals surface area contributed by atoms with Crippen LogP contribution in [0.3, 0.4) is 0 Å². The van der Waals surface area contributed by atoms with Crippen LogP contribution in [0.25, 0.3) is 0 Å². The smallest absolute Gasteiger partial charge is 0.303 e. The maximum Gasteiger partial charge on any atom is 0.303 e. The van der Waals surface area contributed by atoms with Crippen molar-refractivity contribution in [3.8, 4) is 17.6 Å². The Morgan fingerprint density at radius 2 is 2.00 bits per heavy atom. The van der Waals surface area contributed by atoms with Crippen molar-refractivity contribution in [3.05, 3.63) is 29.8 Å². The lowest BCUT2D eigenvalue weighted by atomic mass is 10.2. The fourth-order valence-electron chi connectivity index (χ4n) is 1.70. The van der Waals surface area contributed by atoms with Crippen LogP contribution >= 0.6 is 0 Å². The van der Waals surface area contributed by atoms with E-state index in [0.29, 0.717) is 19.6 Å². The normalized spacial score (nSPS) is 9.90. The summed E-state index contributed by atoms with van der Waals surface area (Å²) in [5.41, 5.74) is 1.12. The fourth-order valence-corrected chi connectivity index (χ4v) is 1.70. The lowest BCUT2D eigenvalue weighted by Gasteiger charge is -2.18. The summed E-state index contributed by atoms with van der Waals surface area (Å²) in [5, 5.41) is 9.09. The average molecular weight is 291 g/mol. The molecule has 21 heavy (non-hydrogen) atoms. The molecule has 0 aliphatic carbocycles. The molecule has 5 nitrogen and oxygen atoms in total. The van der Waals surface area contributed by atoms with Crippen LogP contribution in [0.4, 0.5) is 0 Å². The average Bonchev–Trinajstić information content (AvgIpc) is 2.47. The molecule has 5 heteroatoms. The second-order valence-corrected chi connectivity index (χ2v) is 4.42. The van der Waals surface area contributed by atoms with Crippen LogP contribution in [0.5, 0.6) is 5.75 Å². The maximum atomic E-state index is 10.6. The Labute approximate surface area is 125 Å². The topological polar surface area (TPSA) is 59.0 Å². The Bertz CT molecular complexity index is 487. The second kappa shape index (κ2) is 9.81. The number of nitrogens with zero attached hydrogens (tertiary/aromatic N) is 1. The van der Waals surface area contributed by atoms with Gasteiger partial charge in [-0.25, -0.2) is 0 Å². The minimum Gasteiger partial charge on any atom is -0.497 e. The lowest BCUT2D eigenvalue weighted by molar-refractivity contribution is -0.139. The van der Waals surface area contributed by atoms with Crippen LogP contribution in [0.15, 0.2) is 24.3 Å². The predicted molar refractivity (Wildman–Crippen MR) is 79.8 cm³/mol. The van der Waals surface area contributed by atoms with E-state index >= 15 is 0 Å². The second-order valence-electron chi connectivity index (χ2n) is 4.42. The number of esters is 1. The number of ether oxygens (including phenoxy) is 2. The van der Waals surface area contributed by atoms with Crippen molar-refractivity contribution in [2.45, 2.75) is 13.5 Å². The number of carbonyl (C=O) groups excluding carboxylic acids is 1. The van der Waals surface area contributed by atoms with Crippen molar-refractivity contribution < 1.29 is 19.4 Å². The molecule has 0 radical (unpaired) electrons. The molecular weight excluding hydrogens is 270 g/mol. The molecule has 1 aromatic carbocycles. The lowest BCUT2D eigenvalue weighted by Crippen LogP contribution is -2.26. The third-order valence-corrected chi connectivity index (χ3v) is 2.76. The van der Waals surface area contributed by atoms with Crippen molar-refractivity contribution in [2.75, 3.05) is 33.4 Å². The number of aliphatic hydroxyl groups is 1. The third-order valence-electron chi connectivity index (χ3n) is 2.76. The van der Waals surface area contributed by atoms with Crippen LogP contribution < -0.4 is 4.74 Å². The van der Waals surface area contributed by atoms with Gasteiger partial charge in [0.05, 0.1) is 20.3 Å². The first-order valence-electron chi connectivity index (χ1n) is 6.71. The first-order valence-corrected chi connectivity index (χ1v) is 6.71. The molecule has 0 unspecified atom stereocenters. The maximum absolute atomic E-state index is 10.6. The van der Waals surface area contributed by atoms with Crippen molar-refractivity contribution in [2.24, 2.45) is 0 Å². The molecule has 0 aliphatic rings. The fraction of sp³-hybridized carbons (Fsp3) is 0.438. The largest absolute Gasteiger partial charge is 0.497 e. The molecule has 0 heterocycles. The van der Waals surface area contributed by atoms with Gasteiger partial charge in [-0.1, -0.05) is 24.0 Å². The van der Waals surface area contributed by atoms with Crippen LogP contribution in [-0.2, 0) is 16.1 Å². The number of rotatable bonds is 7. The van der Waals surface area contributed by atoms with E-state index in [1.165, 1.54) is 6.92 Å². The third kappa shape index (κ3) is 7.35. The van der Waals surface area contributed by atoms with E-state index in [-0.39, 0.29) is 19.2 Å². The van der Waals surface area contributed by atoms with Gasteiger partial charge in [-0.2, -0.15) is 0 Å². The molecule has 0 saturated heterocycles. The van der Waals surface area contributed by atoms with Gasteiger partial charge in [0.25, 0.3) is 0 Å². The quantitative estimate of drug-likeness (QED) is 0.601. The van der Waals surface area contributed by atoms with Crippen molar-refractivity contribution in [3.63, 3.8) is 0 Å². The van der Waals surface area contributed by atoms with Crippen LogP contribution in [0, 0.1) is 11.8 Å². The molecule has 0 spiro atoms. The van der Waals surface area contributed by atoms with Gasteiger partial charge in [-0.3, -0.25) is 9.69 Å². The van der Waals surface area contributed by atoms with E-state index in [4.69, 9.17) is 14.6 Å². The van der Waals surface area contributed by atoms with Crippen LogP contribution in [0.1, 0.15) is 12.5 Å². The Balaban J connectivity index is 2.49. The molecule has 1 N–H and O–H groups in total. The molecular formula is C16H21NO4. The van der Waals surface area contributed by atoms with Crippen LogP contribution in [0.2, 0.25) is 0 Å². The number of aliphatic hydroxyl groups excluding tert-OH is 1. The van der Waals surface area contributed by atoms with E-state index in [0.717, 1.165) is 11.3 Å². The minimum atomic E-state index is -0.338. The van der Waals surface area contributed by atoms with E-state index in [1.807, 2.05) is 29.2 Å². The summed E-state index contributed by atoms with van der Waals surface area (Å²) >= 11 is 0. The molecule has 0 aromatic heterocycles. The summed E-state index contributed by atoms with van der Waals surface area (Å²) in [6, 6.07) is 7.77. The van der Waals surface area contributed by atoms with Crippen molar-refractivity contribution in [1.29, 1.82) is 0 Å². The summed E-state index contributed by atoms with van der Waals surface area (Å²) in [7, 11) is 1.63. The van der Waals surface area contributed by atoms with E-state index in [1.54, 1.807) is 7.11 Å². The van der Waals surface area contributed by atoms with Gasteiger partial charge in [0, 0.05) is 20.0 Å². The highest BCUT2D eigenvalue weighted by atomic mass is 16.5. The van der Waals surface area contributed by atoms with Gasteiger partial charge in [0.2, 0.25) is 0 Å². The molecule has 114 valence electrons. The van der Waals surface area contributed by atoms with E-state index in [2.05, 4.69) is 11.8 Å². The summed E-state index contributed by atoms with van der Waals surface area (Å²) in [5.74, 6) is 6.18. The number of hydrogen-bond acceptors (Lipinski definition) is 5. The highest BCUT2D eigenvalue weighted by molar-refractivity contribution is 5.66. The summed E-state index contributed by atoms with van der Waals surface area (Å²) in [6.07, 6.45) is 0. The number of methoxy groups -OCH3 is 1. The summed E-state index contributed by atoms with van der Waals surface area (Å²) in [6.45, 7) is 3.25. The first-order chi connectivity index (χ1) is 10.2. The van der Waals surface area contributed by atoms with Crippen molar-refractivity contribution in [1.82, 2.24) is 4.90 Å². The standard InChI is InChI=1S/C16H21NO4/c1-14(19)21-12-4-3-9-17(10-11-18)13-15-5-7-16(20-2)8-6-15/h5-8,18H,9-13H2,1-2H3. The number of hydrogen-bond donors (Lipinski definition) is 1. The molecule has 0 aliphatic heterocycles. The zero-order chi connectivity index (χ0) is 15.5. The van der Waals surface area contributed by atoms with E-state index in [9.17, 15) is 4.79 Å². The minimum absolute atomic E-state index is 0.0712. The van der Waals surface area contributed by atoms with E-state index < -0.39 is 0 Å². The highest BCUT2D eigenvalue weighted by Gasteiger charge is 2.04. The summed E-state index contributed by atoms with van der Waals surface area (Å²) in [4.78, 5) is 12.6.